The number of benzene rings is 1. The molecule has 0 spiro atoms. The van der Waals surface area contributed by atoms with Gasteiger partial charge in [0.05, 0.1) is 17.0 Å². The molecule has 1 fully saturated rings. The van der Waals surface area contributed by atoms with Gasteiger partial charge in [0.2, 0.25) is 0 Å². The number of nitrogens with one attached hydrogen (secondary N) is 2. The van der Waals surface area contributed by atoms with Crippen LogP contribution in [0.1, 0.15) is 36.7 Å². The smallest absolute Gasteiger partial charge is 0.251 e. The van der Waals surface area contributed by atoms with Gasteiger partial charge in [0.1, 0.15) is 5.82 Å². The first-order valence-corrected chi connectivity index (χ1v) is 11.0. The minimum atomic E-state index is -3.13. The van der Waals surface area contributed by atoms with Crippen molar-refractivity contribution in [2.45, 2.75) is 32.4 Å². The maximum Gasteiger partial charge on any atom is 0.251 e. The van der Waals surface area contributed by atoms with Crippen molar-refractivity contribution in [3.05, 3.63) is 35.1 Å². The Bertz CT molecular complexity index is 859. The molecule has 1 heterocycles. The molecule has 29 heavy (non-hydrogen) atoms. The largest absolute Gasteiger partial charge is 0.357 e. The van der Waals surface area contributed by atoms with E-state index in [1.54, 1.807) is 32.9 Å². The summed E-state index contributed by atoms with van der Waals surface area (Å²) in [6.45, 7) is 9.03. The number of rotatable bonds is 5. The number of amides is 1. The molecule has 0 unspecified atom stereocenters. The molecule has 0 radical (unpaired) electrons. The molecule has 2 rings (SSSR count). The lowest BCUT2D eigenvalue weighted by Crippen LogP contribution is -2.57. The van der Waals surface area contributed by atoms with E-state index in [9.17, 15) is 17.6 Å². The molecule has 1 aromatic carbocycles. The number of carbonyl (C=O) groups is 1. The van der Waals surface area contributed by atoms with Gasteiger partial charge in [-0.3, -0.25) is 9.79 Å². The van der Waals surface area contributed by atoms with E-state index in [4.69, 9.17) is 0 Å². The zero-order chi connectivity index (χ0) is 20.9. The number of hydrogen-bond donors (Lipinski definition) is 2. The van der Waals surface area contributed by atoms with Gasteiger partial charge < -0.3 is 15.5 Å². The summed E-state index contributed by atoms with van der Waals surface area (Å²) in [4.78, 5) is 18.5. The van der Waals surface area contributed by atoms with Crippen LogP contribution >= 0.6 is 24.0 Å². The Hall–Kier alpha value is -1.43. The predicted molar refractivity (Wildman–Crippen MR) is 124 cm³/mol. The van der Waals surface area contributed by atoms with Crippen LogP contribution in [0.25, 0.3) is 0 Å². The Morgan fingerprint density at radius 2 is 2.00 bits per heavy atom. The number of sulfone groups is 1. The van der Waals surface area contributed by atoms with E-state index < -0.39 is 20.4 Å². The number of guanidine groups is 1. The van der Waals surface area contributed by atoms with E-state index in [-0.39, 0.29) is 41.2 Å². The lowest BCUT2D eigenvalue weighted by molar-refractivity contribution is 0.0954. The first-order chi connectivity index (χ1) is 13.1. The van der Waals surface area contributed by atoms with Crippen molar-refractivity contribution in [2.24, 2.45) is 4.99 Å². The van der Waals surface area contributed by atoms with Crippen LogP contribution in [-0.4, -0.2) is 68.4 Å². The van der Waals surface area contributed by atoms with E-state index in [0.717, 1.165) is 0 Å². The Balaban J connectivity index is 0.00000420. The van der Waals surface area contributed by atoms with Crippen LogP contribution in [0.4, 0.5) is 4.39 Å². The van der Waals surface area contributed by atoms with Crippen molar-refractivity contribution in [1.82, 2.24) is 15.5 Å². The molecule has 1 aromatic rings. The quantitative estimate of drug-likeness (QED) is 0.258. The molecule has 10 heteroatoms. The summed E-state index contributed by atoms with van der Waals surface area (Å²) >= 11 is 0. The molecule has 7 nitrogen and oxygen atoms in total. The summed E-state index contributed by atoms with van der Waals surface area (Å²) in [6.07, 6.45) is 0. The third kappa shape index (κ3) is 6.53. The van der Waals surface area contributed by atoms with E-state index in [1.165, 1.54) is 6.07 Å². The summed E-state index contributed by atoms with van der Waals surface area (Å²) in [5.41, 5.74) is 0.755. The second-order valence-electron chi connectivity index (χ2n) is 7.46. The van der Waals surface area contributed by atoms with Crippen molar-refractivity contribution in [2.75, 3.05) is 38.5 Å². The monoisotopic (exact) mass is 540 g/mol. The average Bonchev–Trinajstić information content (AvgIpc) is 2.62. The maximum atomic E-state index is 13.6. The SMILES string of the molecule is CCNC(=NCCNC(=O)c1ccc(C)c(F)c1)N1CCS(=O)(=O)C(C)(C)C1.I. The molecule has 0 aromatic heterocycles. The molecule has 0 bridgehead atoms. The third-order valence-electron chi connectivity index (χ3n) is 4.77. The van der Waals surface area contributed by atoms with E-state index >= 15 is 0 Å². The minimum Gasteiger partial charge on any atom is -0.357 e. The number of hydrogen-bond acceptors (Lipinski definition) is 4. The fourth-order valence-corrected chi connectivity index (χ4v) is 4.28. The number of carbonyl (C=O) groups excluding carboxylic acids is 1. The summed E-state index contributed by atoms with van der Waals surface area (Å²) in [7, 11) is -3.13. The average molecular weight is 540 g/mol. The molecule has 0 saturated carbocycles. The van der Waals surface area contributed by atoms with Gasteiger partial charge >= 0.3 is 0 Å². The van der Waals surface area contributed by atoms with Crippen LogP contribution in [0, 0.1) is 12.7 Å². The van der Waals surface area contributed by atoms with Crippen molar-refractivity contribution >= 4 is 45.7 Å². The predicted octanol–water partition coefficient (Wildman–Crippen LogP) is 1.96. The molecular formula is C19H30FIN4O3S. The summed E-state index contributed by atoms with van der Waals surface area (Å²) in [6, 6.07) is 4.36. The summed E-state index contributed by atoms with van der Waals surface area (Å²) < 4.78 is 37.1. The van der Waals surface area contributed by atoms with Gasteiger partial charge in [-0.15, -0.1) is 24.0 Å². The van der Waals surface area contributed by atoms with Crippen molar-refractivity contribution < 1.29 is 17.6 Å². The number of halogens is 2. The van der Waals surface area contributed by atoms with Crippen LogP contribution in [0.5, 0.6) is 0 Å². The van der Waals surface area contributed by atoms with Crippen molar-refractivity contribution in [1.29, 1.82) is 0 Å². The highest BCUT2D eigenvalue weighted by Gasteiger charge is 2.40. The van der Waals surface area contributed by atoms with Crippen LogP contribution in [0.3, 0.4) is 0 Å². The second-order valence-corrected chi connectivity index (χ2v) is 10.2. The molecular weight excluding hydrogens is 510 g/mol. The normalized spacial score (nSPS) is 18.0. The fourth-order valence-electron chi connectivity index (χ4n) is 2.92. The topological polar surface area (TPSA) is 90.9 Å². The lowest BCUT2D eigenvalue weighted by Gasteiger charge is -2.39. The maximum absolute atomic E-state index is 13.6. The minimum absolute atomic E-state index is 0. The van der Waals surface area contributed by atoms with Gasteiger partial charge in [-0.25, -0.2) is 12.8 Å². The standard InChI is InChI=1S/C19H29FN4O3S.HI/c1-5-21-18(24-10-11-28(26,27)19(3,4)13-24)23-9-8-22-17(25)15-7-6-14(2)16(20)12-15;/h6-7,12H,5,8-11,13H2,1-4H3,(H,21,23)(H,22,25);1H. The van der Waals surface area contributed by atoms with Crippen LogP contribution < -0.4 is 10.6 Å². The molecule has 1 saturated heterocycles. The highest BCUT2D eigenvalue weighted by Crippen LogP contribution is 2.23. The number of aryl methyl sites for hydroxylation is 1. The Morgan fingerprint density at radius 3 is 2.59 bits per heavy atom. The van der Waals surface area contributed by atoms with Gasteiger partial charge in [-0.1, -0.05) is 6.07 Å². The van der Waals surface area contributed by atoms with Crippen LogP contribution in [0.15, 0.2) is 23.2 Å². The highest BCUT2D eigenvalue weighted by atomic mass is 127. The summed E-state index contributed by atoms with van der Waals surface area (Å²) in [5, 5.41) is 5.89. The first-order valence-electron chi connectivity index (χ1n) is 9.37. The summed E-state index contributed by atoms with van der Waals surface area (Å²) in [5.74, 6) is -0.0617. The number of nitrogens with zero attached hydrogens (tertiary/aromatic N) is 2. The van der Waals surface area contributed by atoms with E-state index in [0.29, 0.717) is 44.2 Å². The Morgan fingerprint density at radius 1 is 1.31 bits per heavy atom. The molecule has 164 valence electrons. The zero-order valence-electron chi connectivity index (χ0n) is 17.3. The van der Waals surface area contributed by atoms with Crippen molar-refractivity contribution in [3.63, 3.8) is 0 Å². The number of aliphatic imine (C=N–C) groups is 1. The molecule has 1 aliphatic rings. The van der Waals surface area contributed by atoms with E-state index in [2.05, 4.69) is 15.6 Å². The molecule has 0 atom stereocenters. The van der Waals surface area contributed by atoms with Gasteiger partial charge in [0.15, 0.2) is 15.8 Å². The molecule has 1 aliphatic heterocycles. The lowest BCUT2D eigenvalue weighted by atomic mass is 10.1. The van der Waals surface area contributed by atoms with Gasteiger partial charge in [0.25, 0.3) is 5.91 Å². The van der Waals surface area contributed by atoms with Crippen LogP contribution in [-0.2, 0) is 9.84 Å². The van der Waals surface area contributed by atoms with Gasteiger partial charge in [-0.2, -0.15) is 0 Å². The van der Waals surface area contributed by atoms with Crippen molar-refractivity contribution in [3.8, 4) is 0 Å². The Labute approximate surface area is 189 Å². The zero-order valence-corrected chi connectivity index (χ0v) is 20.4. The third-order valence-corrected chi connectivity index (χ3v) is 7.30. The molecule has 1 amide bonds. The Kier molecular flexibility index (Phi) is 9.32. The van der Waals surface area contributed by atoms with Crippen LogP contribution in [0.2, 0.25) is 0 Å². The molecule has 2 N–H and O–H groups in total. The highest BCUT2D eigenvalue weighted by molar-refractivity contribution is 14.0. The van der Waals surface area contributed by atoms with E-state index in [1.807, 2.05) is 11.8 Å². The van der Waals surface area contributed by atoms with Gasteiger partial charge in [0, 0.05) is 31.7 Å². The first kappa shape index (κ1) is 25.6. The fraction of sp³-hybridized carbons (Fsp3) is 0.579. The van der Waals surface area contributed by atoms with Gasteiger partial charge in [-0.05, 0) is 45.4 Å². The second kappa shape index (κ2) is 10.6. The molecule has 0 aliphatic carbocycles.